The molecule has 2 amide bonds. The molecule has 0 bridgehead atoms. The Kier molecular flexibility index (Phi) is 4.58. The van der Waals surface area contributed by atoms with Crippen molar-refractivity contribution >= 4 is 27.6 Å². The van der Waals surface area contributed by atoms with Crippen LogP contribution in [0.3, 0.4) is 0 Å². The van der Waals surface area contributed by atoms with E-state index >= 15 is 0 Å². The zero-order valence-electron chi connectivity index (χ0n) is 8.51. The molecule has 0 heterocycles. The first-order valence-corrected chi connectivity index (χ1v) is 5.79. The van der Waals surface area contributed by atoms with E-state index in [1.54, 1.807) is 0 Å². The van der Waals surface area contributed by atoms with Crippen molar-refractivity contribution in [3.63, 3.8) is 0 Å². The van der Waals surface area contributed by atoms with Crippen LogP contribution in [-0.4, -0.2) is 6.03 Å². The molecule has 0 aliphatic carbocycles. The molecule has 0 saturated heterocycles. The third kappa shape index (κ3) is 2.94. The van der Waals surface area contributed by atoms with E-state index in [1.807, 2.05) is 23.6 Å². The molecule has 0 unspecified atom stereocenters. The highest BCUT2D eigenvalue weighted by atomic mass is 79.9. The van der Waals surface area contributed by atoms with Crippen LogP contribution in [0.2, 0.25) is 0 Å². The maximum absolute atomic E-state index is 11.1. The van der Waals surface area contributed by atoms with Gasteiger partial charge >= 0.3 is 6.03 Å². The van der Waals surface area contributed by atoms with Gasteiger partial charge in [-0.3, -0.25) is 5.43 Å². The first kappa shape index (κ1) is 12.0. The second-order valence-corrected chi connectivity index (χ2v) is 3.59. The second kappa shape index (κ2) is 5.72. The molecular formula is C10H14BrN3O. The Hall–Kier alpha value is -1.07. The van der Waals surface area contributed by atoms with Gasteiger partial charge in [-0.2, -0.15) is 0 Å². The van der Waals surface area contributed by atoms with Crippen molar-refractivity contribution < 1.29 is 4.79 Å². The number of benzene rings is 1. The number of hydrazine groups is 1. The van der Waals surface area contributed by atoms with Crippen molar-refractivity contribution in [1.29, 1.82) is 0 Å². The maximum Gasteiger partial charge on any atom is 0.333 e. The zero-order valence-corrected chi connectivity index (χ0v) is 10.1. The van der Waals surface area contributed by atoms with E-state index < -0.39 is 6.03 Å². The molecule has 82 valence electrons. The van der Waals surface area contributed by atoms with Gasteiger partial charge in [0, 0.05) is 11.0 Å². The van der Waals surface area contributed by atoms with E-state index in [9.17, 15) is 4.79 Å². The van der Waals surface area contributed by atoms with E-state index in [4.69, 9.17) is 5.84 Å². The van der Waals surface area contributed by atoms with Crippen LogP contribution in [0.4, 0.5) is 10.5 Å². The standard InChI is InChI=1S/C10H14BrN3O/c1-2-7-4-3-5-9(8(7)6-11)13-10(15)14-12/h3-5H,2,6,12H2,1H3,(H2,13,14,15). The normalized spacial score (nSPS) is 9.80. The van der Waals surface area contributed by atoms with Gasteiger partial charge in [-0.1, -0.05) is 35.0 Å². The number of hydrogen-bond acceptors (Lipinski definition) is 2. The number of urea groups is 1. The Morgan fingerprint density at radius 1 is 1.53 bits per heavy atom. The highest BCUT2D eigenvalue weighted by Gasteiger charge is 2.07. The molecule has 1 aromatic carbocycles. The number of carbonyl (C=O) groups is 1. The van der Waals surface area contributed by atoms with Gasteiger partial charge in [0.15, 0.2) is 0 Å². The monoisotopic (exact) mass is 271 g/mol. The molecule has 4 N–H and O–H groups in total. The van der Waals surface area contributed by atoms with Gasteiger partial charge in [-0.05, 0) is 23.6 Å². The molecule has 0 aromatic heterocycles. The van der Waals surface area contributed by atoms with Gasteiger partial charge in [0.2, 0.25) is 0 Å². The van der Waals surface area contributed by atoms with Crippen molar-refractivity contribution in [2.24, 2.45) is 5.84 Å². The lowest BCUT2D eigenvalue weighted by Gasteiger charge is -2.12. The van der Waals surface area contributed by atoms with E-state index in [0.29, 0.717) is 5.33 Å². The van der Waals surface area contributed by atoms with E-state index in [-0.39, 0.29) is 0 Å². The van der Waals surface area contributed by atoms with Gasteiger partial charge in [-0.15, -0.1) is 0 Å². The molecule has 5 heteroatoms. The van der Waals surface area contributed by atoms with Crippen LogP contribution in [0.1, 0.15) is 18.1 Å². The minimum Gasteiger partial charge on any atom is -0.307 e. The molecule has 0 aliphatic heterocycles. The predicted octanol–water partition coefficient (Wildman–Crippen LogP) is 2.14. The fraction of sp³-hybridized carbons (Fsp3) is 0.300. The Morgan fingerprint density at radius 2 is 2.27 bits per heavy atom. The number of nitrogens with one attached hydrogen (secondary N) is 2. The molecule has 0 spiro atoms. The summed E-state index contributed by atoms with van der Waals surface area (Å²) in [4.78, 5) is 11.1. The molecule has 4 nitrogen and oxygen atoms in total. The highest BCUT2D eigenvalue weighted by molar-refractivity contribution is 9.08. The van der Waals surface area contributed by atoms with Gasteiger partial charge < -0.3 is 5.32 Å². The Bertz CT molecular complexity index is 355. The van der Waals surface area contributed by atoms with Crippen LogP contribution >= 0.6 is 15.9 Å². The molecule has 0 atom stereocenters. The summed E-state index contributed by atoms with van der Waals surface area (Å²) in [7, 11) is 0. The Balaban J connectivity index is 3.00. The number of halogens is 1. The van der Waals surface area contributed by atoms with Crippen LogP contribution in [0.15, 0.2) is 18.2 Å². The molecule has 0 saturated carbocycles. The summed E-state index contributed by atoms with van der Waals surface area (Å²) in [6.45, 7) is 2.08. The molecule has 0 fully saturated rings. The molecular weight excluding hydrogens is 258 g/mol. The van der Waals surface area contributed by atoms with Crippen LogP contribution in [-0.2, 0) is 11.8 Å². The largest absolute Gasteiger partial charge is 0.333 e. The number of rotatable bonds is 3. The van der Waals surface area contributed by atoms with Crippen LogP contribution in [0.5, 0.6) is 0 Å². The molecule has 0 aliphatic rings. The number of amides is 2. The fourth-order valence-corrected chi connectivity index (χ4v) is 2.06. The fourth-order valence-electron chi connectivity index (χ4n) is 1.40. The molecule has 15 heavy (non-hydrogen) atoms. The number of alkyl halides is 1. The first-order chi connectivity index (χ1) is 7.22. The summed E-state index contributed by atoms with van der Waals surface area (Å²) in [5.41, 5.74) is 5.12. The summed E-state index contributed by atoms with van der Waals surface area (Å²) in [5, 5.41) is 3.39. The maximum atomic E-state index is 11.1. The van der Waals surface area contributed by atoms with Crippen molar-refractivity contribution in [2.75, 3.05) is 5.32 Å². The van der Waals surface area contributed by atoms with E-state index in [2.05, 4.69) is 28.2 Å². The van der Waals surface area contributed by atoms with Crippen LogP contribution in [0, 0.1) is 0 Å². The van der Waals surface area contributed by atoms with Crippen molar-refractivity contribution in [1.82, 2.24) is 5.43 Å². The number of anilines is 1. The van der Waals surface area contributed by atoms with Gasteiger partial charge in [-0.25, -0.2) is 10.6 Å². The quantitative estimate of drug-likeness (QED) is 0.341. The lowest BCUT2D eigenvalue weighted by atomic mass is 10.0. The van der Waals surface area contributed by atoms with E-state index in [1.165, 1.54) is 5.56 Å². The summed E-state index contributed by atoms with van der Waals surface area (Å²) in [5.74, 6) is 5.01. The number of nitrogens with two attached hydrogens (primary N) is 1. The topological polar surface area (TPSA) is 67.2 Å². The Morgan fingerprint density at radius 3 is 2.80 bits per heavy atom. The second-order valence-electron chi connectivity index (χ2n) is 3.03. The average Bonchev–Trinajstić information content (AvgIpc) is 2.28. The average molecular weight is 272 g/mol. The number of hydrogen-bond donors (Lipinski definition) is 3. The SMILES string of the molecule is CCc1cccc(NC(=O)NN)c1CBr. The molecule has 0 radical (unpaired) electrons. The van der Waals surface area contributed by atoms with Crippen molar-refractivity contribution in [2.45, 2.75) is 18.7 Å². The third-order valence-electron chi connectivity index (χ3n) is 2.17. The lowest BCUT2D eigenvalue weighted by molar-refractivity contribution is 0.252. The molecule has 1 rings (SSSR count). The highest BCUT2D eigenvalue weighted by Crippen LogP contribution is 2.23. The predicted molar refractivity (Wildman–Crippen MR) is 64.8 cm³/mol. The smallest absolute Gasteiger partial charge is 0.307 e. The van der Waals surface area contributed by atoms with Gasteiger partial charge in [0.05, 0.1) is 0 Å². The lowest BCUT2D eigenvalue weighted by Crippen LogP contribution is -2.34. The first-order valence-electron chi connectivity index (χ1n) is 4.67. The van der Waals surface area contributed by atoms with Gasteiger partial charge in [0.1, 0.15) is 0 Å². The third-order valence-corrected chi connectivity index (χ3v) is 2.73. The zero-order chi connectivity index (χ0) is 11.3. The molecule has 1 aromatic rings. The minimum absolute atomic E-state index is 0.412. The van der Waals surface area contributed by atoms with Crippen molar-refractivity contribution in [3.8, 4) is 0 Å². The summed E-state index contributed by atoms with van der Waals surface area (Å²) >= 11 is 3.41. The Labute approximate surface area is 97.3 Å². The minimum atomic E-state index is -0.412. The van der Waals surface area contributed by atoms with Crippen LogP contribution < -0.4 is 16.6 Å². The van der Waals surface area contributed by atoms with Crippen molar-refractivity contribution in [3.05, 3.63) is 29.3 Å². The van der Waals surface area contributed by atoms with Crippen LogP contribution in [0.25, 0.3) is 0 Å². The number of aryl methyl sites for hydroxylation is 1. The summed E-state index contributed by atoms with van der Waals surface area (Å²) < 4.78 is 0. The summed E-state index contributed by atoms with van der Waals surface area (Å²) in [6.07, 6.45) is 0.931. The number of carbonyl (C=O) groups excluding carboxylic acids is 1. The van der Waals surface area contributed by atoms with E-state index in [0.717, 1.165) is 17.7 Å². The van der Waals surface area contributed by atoms with Gasteiger partial charge in [0.25, 0.3) is 0 Å². The summed E-state index contributed by atoms with van der Waals surface area (Å²) in [6, 6.07) is 5.40.